The zero-order valence-corrected chi connectivity index (χ0v) is 25.0. The van der Waals surface area contributed by atoms with E-state index in [4.69, 9.17) is 11.6 Å². The number of hydrogen-bond donors (Lipinski definition) is 5. The number of aliphatic hydroxyl groups excluding tert-OH is 1. The third kappa shape index (κ3) is 6.80. The number of H-pyrrole nitrogens is 2. The van der Waals surface area contributed by atoms with Crippen LogP contribution in [0.4, 0.5) is 5.69 Å². The zero-order valence-electron chi connectivity index (χ0n) is 24.2. The van der Waals surface area contributed by atoms with Crippen LogP contribution in [0, 0.1) is 0 Å². The van der Waals surface area contributed by atoms with Crippen LogP contribution in [0.5, 0.6) is 0 Å². The standard InChI is InChI=1S/C31H36ClN7O4/c1-3-12-38(2)14-11-33-9-5-13-39-30(42)21-16-24-25(17-22(21)31(39)43)37-28(36-24)27-23(8-10-34-29(27)41)35-18-26(40)19-6-4-7-20(32)15-19/h4,6-8,10,15-17,26,33,40H,3,5,9,11-14,18H2,1-2H3,(H,36,37)(H2,34,35,41)/t26-/m1/s1. The van der Waals surface area contributed by atoms with E-state index in [0.717, 1.165) is 26.1 Å². The van der Waals surface area contributed by atoms with Gasteiger partial charge in [-0.2, -0.15) is 0 Å². The molecule has 0 bridgehead atoms. The van der Waals surface area contributed by atoms with Gasteiger partial charge in [-0.1, -0.05) is 30.7 Å². The molecule has 2 aromatic carbocycles. The minimum absolute atomic E-state index is 0.121. The highest BCUT2D eigenvalue weighted by molar-refractivity contribution is 6.30. The number of aromatic nitrogens is 3. The molecule has 5 rings (SSSR count). The number of imidazole rings is 1. The largest absolute Gasteiger partial charge is 0.387 e. The number of benzene rings is 2. The van der Waals surface area contributed by atoms with E-state index in [2.05, 4.69) is 44.5 Å². The Morgan fingerprint density at radius 3 is 2.63 bits per heavy atom. The quantitative estimate of drug-likeness (QED) is 0.108. The van der Waals surface area contributed by atoms with Crippen molar-refractivity contribution in [3.8, 4) is 11.4 Å². The van der Waals surface area contributed by atoms with Gasteiger partial charge in [0.2, 0.25) is 0 Å². The first-order valence-electron chi connectivity index (χ1n) is 14.5. The molecule has 3 heterocycles. The number of carbonyl (C=O) groups excluding carboxylic acids is 2. The molecule has 12 heteroatoms. The number of carbonyl (C=O) groups is 2. The molecule has 0 aliphatic carbocycles. The van der Waals surface area contributed by atoms with E-state index in [1.807, 2.05) is 0 Å². The molecule has 1 aliphatic rings. The van der Waals surface area contributed by atoms with E-state index in [1.165, 1.54) is 11.1 Å². The summed E-state index contributed by atoms with van der Waals surface area (Å²) in [5, 5.41) is 17.7. The molecular weight excluding hydrogens is 570 g/mol. The summed E-state index contributed by atoms with van der Waals surface area (Å²) in [4.78, 5) is 53.1. The first-order chi connectivity index (χ1) is 20.8. The van der Waals surface area contributed by atoms with Crippen molar-refractivity contribution in [1.29, 1.82) is 0 Å². The van der Waals surface area contributed by atoms with Gasteiger partial charge in [0.25, 0.3) is 17.4 Å². The van der Waals surface area contributed by atoms with Crippen molar-refractivity contribution in [2.75, 3.05) is 51.6 Å². The molecule has 43 heavy (non-hydrogen) atoms. The number of halogens is 1. The van der Waals surface area contributed by atoms with Crippen molar-refractivity contribution < 1.29 is 14.7 Å². The lowest BCUT2D eigenvalue weighted by Gasteiger charge is -2.16. The van der Waals surface area contributed by atoms with E-state index in [1.54, 1.807) is 42.5 Å². The molecule has 11 nitrogen and oxygen atoms in total. The van der Waals surface area contributed by atoms with Gasteiger partial charge in [-0.3, -0.25) is 19.3 Å². The maximum Gasteiger partial charge on any atom is 0.261 e. The average molecular weight is 606 g/mol. The summed E-state index contributed by atoms with van der Waals surface area (Å²) >= 11 is 6.05. The Morgan fingerprint density at radius 1 is 1.07 bits per heavy atom. The van der Waals surface area contributed by atoms with Crippen molar-refractivity contribution in [1.82, 2.24) is 30.1 Å². The van der Waals surface area contributed by atoms with E-state index in [9.17, 15) is 19.5 Å². The summed E-state index contributed by atoms with van der Waals surface area (Å²) < 4.78 is 0. The second-order valence-corrected chi connectivity index (χ2v) is 11.2. The molecule has 2 amide bonds. The predicted octanol–water partition coefficient (Wildman–Crippen LogP) is 3.63. The summed E-state index contributed by atoms with van der Waals surface area (Å²) in [6.45, 7) is 6.15. The van der Waals surface area contributed by atoms with Gasteiger partial charge in [-0.25, -0.2) is 4.98 Å². The van der Waals surface area contributed by atoms with Crippen LogP contribution in [0.2, 0.25) is 5.02 Å². The summed E-state index contributed by atoms with van der Waals surface area (Å²) in [5.41, 5.74) is 2.55. The number of nitrogens with one attached hydrogen (secondary N) is 4. The number of pyridine rings is 1. The smallest absolute Gasteiger partial charge is 0.261 e. The van der Waals surface area contributed by atoms with Gasteiger partial charge in [0.15, 0.2) is 0 Å². The molecule has 226 valence electrons. The minimum Gasteiger partial charge on any atom is -0.387 e. The number of fused-ring (bicyclic) bond motifs is 2. The lowest BCUT2D eigenvalue weighted by atomic mass is 10.1. The summed E-state index contributed by atoms with van der Waals surface area (Å²) in [6.07, 6.45) is 2.40. The molecule has 0 spiro atoms. The lowest BCUT2D eigenvalue weighted by Crippen LogP contribution is -2.34. The summed E-state index contributed by atoms with van der Waals surface area (Å²) in [5.74, 6) is -0.410. The highest BCUT2D eigenvalue weighted by atomic mass is 35.5. The Hall–Kier alpha value is -4.03. The number of likely N-dealkylation sites (N-methyl/N-ethyl adjacent to an activating group) is 1. The number of aromatic amines is 2. The van der Waals surface area contributed by atoms with E-state index >= 15 is 0 Å². The van der Waals surface area contributed by atoms with Crippen LogP contribution in [0.3, 0.4) is 0 Å². The van der Waals surface area contributed by atoms with Crippen LogP contribution < -0.4 is 16.2 Å². The molecule has 1 atom stereocenters. The first-order valence-corrected chi connectivity index (χ1v) is 14.8. The number of rotatable bonds is 14. The maximum absolute atomic E-state index is 13.2. The Kier molecular flexibility index (Phi) is 9.56. The maximum atomic E-state index is 13.2. The fourth-order valence-electron chi connectivity index (χ4n) is 5.27. The number of amides is 2. The highest BCUT2D eigenvalue weighted by Gasteiger charge is 2.36. The van der Waals surface area contributed by atoms with E-state index < -0.39 is 11.7 Å². The molecule has 5 N–H and O–H groups in total. The SMILES string of the molecule is CCCN(C)CCNCCCN1C(=O)c2cc3nc(-c4c(NC[C@@H](O)c5cccc(Cl)c5)cc[nH]c4=O)[nH]c3cc2C1=O. The Bertz CT molecular complexity index is 1630. The Morgan fingerprint density at radius 2 is 1.86 bits per heavy atom. The number of anilines is 1. The van der Waals surface area contributed by atoms with Gasteiger partial charge in [-0.15, -0.1) is 0 Å². The monoisotopic (exact) mass is 605 g/mol. The molecule has 4 aromatic rings. The third-order valence-electron chi connectivity index (χ3n) is 7.50. The van der Waals surface area contributed by atoms with Crippen LogP contribution in [-0.2, 0) is 0 Å². The molecule has 2 aromatic heterocycles. The van der Waals surface area contributed by atoms with Crippen LogP contribution in [0.1, 0.15) is 52.1 Å². The van der Waals surface area contributed by atoms with Gasteiger partial charge in [0.1, 0.15) is 11.4 Å². The molecule has 0 fully saturated rings. The average Bonchev–Trinajstić information content (AvgIpc) is 3.50. The molecule has 0 radical (unpaired) electrons. The molecular formula is C31H36ClN7O4. The number of hydrogen-bond acceptors (Lipinski definition) is 8. The normalized spacial score (nSPS) is 13.7. The van der Waals surface area contributed by atoms with Crippen LogP contribution in [0.15, 0.2) is 53.5 Å². The predicted molar refractivity (Wildman–Crippen MR) is 168 cm³/mol. The highest BCUT2D eigenvalue weighted by Crippen LogP contribution is 2.30. The van der Waals surface area contributed by atoms with Gasteiger partial charge < -0.3 is 30.6 Å². The summed E-state index contributed by atoms with van der Waals surface area (Å²) in [6, 6.07) is 11.8. The van der Waals surface area contributed by atoms with Crippen molar-refractivity contribution in [2.45, 2.75) is 25.9 Å². The second kappa shape index (κ2) is 13.5. The van der Waals surface area contributed by atoms with Gasteiger partial charge in [0, 0.05) is 37.4 Å². The van der Waals surface area contributed by atoms with Crippen LogP contribution in [0.25, 0.3) is 22.4 Å². The van der Waals surface area contributed by atoms with E-state index in [0.29, 0.717) is 57.9 Å². The third-order valence-corrected chi connectivity index (χ3v) is 7.74. The molecule has 0 unspecified atom stereocenters. The van der Waals surface area contributed by atoms with Gasteiger partial charge in [-0.05, 0) is 68.9 Å². The molecule has 0 saturated carbocycles. The van der Waals surface area contributed by atoms with Crippen molar-refractivity contribution in [3.05, 3.63) is 80.7 Å². The number of imide groups is 1. The number of nitrogens with zero attached hydrogens (tertiary/aromatic N) is 3. The zero-order chi connectivity index (χ0) is 30.5. The Labute approximate surface area is 254 Å². The number of aliphatic hydroxyl groups is 1. The van der Waals surface area contributed by atoms with Crippen molar-refractivity contribution >= 4 is 40.1 Å². The van der Waals surface area contributed by atoms with Crippen molar-refractivity contribution in [2.24, 2.45) is 0 Å². The fourth-order valence-corrected chi connectivity index (χ4v) is 5.46. The second-order valence-electron chi connectivity index (χ2n) is 10.7. The van der Waals surface area contributed by atoms with E-state index in [-0.39, 0.29) is 29.7 Å². The van der Waals surface area contributed by atoms with Crippen LogP contribution >= 0.6 is 11.6 Å². The van der Waals surface area contributed by atoms with Gasteiger partial charge >= 0.3 is 0 Å². The Balaban J connectivity index is 1.28. The molecule has 0 saturated heterocycles. The lowest BCUT2D eigenvalue weighted by molar-refractivity contribution is 0.0652. The van der Waals surface area contributed by atoms with Crippen molar-refractivity contribution in [3.63, 3.8) is 0 Å². The van der Waals surface area contributed by atoms with Gasteiger partial charge in [0.05, 0.1) is 34.0 Å². The fraction of sp³-hybridized carbons (Fsp3) is 0.355. The first kappa shape index (κ1) is 30.4. The topological polar surface area (TPSA) is 146 Å². The molecule has 1 aliphatic heterocycles. The minimum atomic E-state index is -0.868. The summed E-state index contributed by atoms with van der Waals surface area (Å²) in [7, 11) is 2.09. The van der Waals surface area contributed by atoms with Crippen LogP contribution in [-0.4, -0.2) is 88.0 Å².